The number of carbonyl (C=O) groups is 1. The first-order valence-electron chi connectivity index (χ1n) is 5.93. The summed E-state index contributed by atoms with van der Waals surface area (Å²) < 4.78 is 0. The smallest absolute Gasteiger partial charge is 0.317 e. The van der Waals surface area contributed by atoms with Gasteiger partial charge in [-0.25, -0.2) is 4.79 Å². The Morgan fingerprint density at radius 2 is 2.06 bits per heavy atom. The summed E-state index contributed by atoms with van der Waals surface area (Å²) in [6.45, 7) is 3.03. The van der Waals surface area contributed by atoms with Crippen molar-refractivity contribution >= 4 is 17.8 Å². The van der Waals surface area contributed by atoms with Crippen LogP contribution in [0.4, 0.5) is 4.79 Å². The van der Waals surface area contributed by atoms with E-state index in [1.807, 2.05) is 0 Å². The Labute approximate surface area is 112 Å². The van der Waals surface area contributed by atoms with Gasteiger partial charge in [-0.1, -0.05) is 17.7 Å². The number of aliphatic hydroxyl groups is 1. The zero-order valence-electron chi connectivity index (χ0n) is 10.8. The topological polar surface area (TPSA) is 52.6 Å². The molecule has 1 aromatic rings. The highest BCUT2D eigenvalue weighted by atomic mass is 32.2. The summed E-state index contributed by atoms with van der Waals surface area (Å²) in [4.78, 5) is 14.2. The molecule has 18 heavy (non-hydrogen) atoms. The highest BCUT2D eigenvalue weighted by Crippen LogP contribution is 2.17. The number of amides is 2. The molecular weight excluding hydrogens is 248 g/mol. The third kappa shape index (κ3) is 5.42. The number of rotatable bonds is 6. The molecule has 1 aromatic carbocycles. The van der Waals surface area contributed by atoms with Crippen molar-refractivity contribution < 1.29 is 9.90 Å². The summed E-state index contributed by atoms with van der Waals surface area (Å²) in [5, 5.41) is 11.5. The third-order valence-corrected chi connectivity index (χ3v) is 3.46. The minimum absolute atomic E-state index is 0.0119. The Hall–Kier alpha value is -1.20. The van der Waals surface area contributed by atoms with Gasteiger partial charge in [0.2, 0.25) is 0 Å². The molecule has 0 radical (unpaired) electrons. The predicted octanol–water partition coefficient (Wildman–Crippen LogP) is 1.72. The van der Waals surface area contributed by atoms with Gasteiger partial charge in [0, 0.05) is 30.8 Å². The first-order valence-corrected chi connectivity index (χ1v) is 6.91. The van der Waals surface area contributed by atoms with Gasteiger partial charge in [-0.05, 0) is 19.1 Å². The maximum absolute atomic E-state index is 11.5. The number of hydrogen-bond acceptors (Lipinski definition) is 3. The summed E-state index contributed by atoms with van der Waals surface area (Å²) in [5.41, 5.74) is 1.25. The van der Waals surface area contributed by atoms with Gasteiger partial charge in [0.1, 0.15) is 0 Å². The molecule has 2 amide bonds. The van der Waals surface area contributed by atoms with Crippen LogP contribution < -0.4 is 5.32 Å². The molecule has 0 aliphatic carbocycles. The van der Waals surface area contributed by atoms with Crippen LogP contribution in [0, 0.1) is 6.92 Å². The quantitative estimate of drug-likeness (QED) is 0.610. The average molecular weight is 268 g/mol. The fourth-order valence-electron chi connectivity index (χ4n) is 1.35. The van der Waals surface area contributed by atoms with Gasteiger partial charge in [-0.15, -0.1) is 11.8 Å². The minimum atomic E-state index is -0.145. The number of aliphatic hydroxyl groups excluding tert-OH is 1. The fraction of sp³-hybridized carbons (Fsp3) is 0.462. The van der Waals surface area contributed by atoms with E-state index in [0.717, 1.165) is 5.75 Å². The van der Waals surface area contributed by atoms with Crippen LogP contribution in [-0.2, 0) is 0 Å². The second-order valence-corrected chi connectivity index (χ2v) is 5.21. The van der Waals surface area contributed by atoms with Gasteiger partial charge >= 0.3 is 6.03 Å². The Morgan fingerprint density at radius 1 is 1.39 bits per heavy atom. The molecule has 0 aliphatic heterocycles. The Kier molecular flexibility index (Phi) is 6.60. The fourth-order valence-corrected chi connectivity index (χ4v) is 2.12. The molecule has 100 valence electrons. The van der Waals surface area contributed by atoms with Crippen molar-refractivity contribution in [2.75, 3.05) is 32.5 Å². The van der Waals surface area contributed by atoms with E-state index in [9.17, 15) is 4.79 Å². The molecule has 0 saturated carbocycles. The van der Waals surface area contributed by atoms with Crippen molar-refractivity contribution in [1.29, 1.82) is 0 Å². The summed E-state index contributed by atoms with van der Waals surface area (Å²) in [5.74, 6) is 0.835. The van der Waals surface area contributed by atoms with E-state index < -0.39 is 0 Å². The van der Waals surface area contributed by atoms with E-state index in [2.05, 4.69) is 36.5 Å². The Bertz CT molecular complexity index is 368. The molecule has 1 rings (SSSR count). The van der Waals surface area contributed by atoms with E-state index in [4.69, 9.17) is 5.11 Å². The van der Waals surface area contributed by atoms with Crippen LogP contribution in [-0.4, -0.2) is 48.5 Å². The van der Waals surface area contributed by atoms with Crippen LogP contribution in [0.2, 0.25) is 0 Å². The normalized spacial score (nSPS) is 10.2. The molecule has 0 atom stereocenters. The van der Waals surface area contributed by atoms with Crippen molar-refractivity contribution in [3.63, 3.8) is 0 Å². The zero-order chi connectivity index (χ0) is 13.4. The van der Waals surface area contributed by atoms with Gasteiger partial charge < -0.3 is 15.3 Å². The van der Waals surface area contributed by atoms with Gasteiger partial charge in [0.15, 0.2) is 0 Å². The first-order chi connectivity index (χ1) is 8.63. The molecule has 0 spiro atoms. The predicted molar refractivity (Wildman–Crippen MR) is 75.0 cm³/mol. The lowest BCUT2D eigenvalue weighted by molar-refractivity contribution is 0.191. The van der Waals surface area contributed by atoms with Crippen molar-refractivity contribution in [2.24, 2.45) is 0 Å². The molecular formula is C13H20N2O2S. The Balaban J connectivity index is 2.18. The average Bonchev–Trinajstić information content (AvgIpc) is 2.36. The maximum Gasteiger partial charge on any atom is 0.317 e. The number of carbonyl (C=O) groups excluding carboxylic acids is 1. The van der Waals surface area contributed by atoms with E-state index >= 15 is 0 Å². The molecule has 0 aliphatic rings. The zero-order valence-corrected chi connectivity index (χ0v) is 11.7. The van der Waals surface area contributed by atoms with Gasteiger partial charge in [-0.2, -0.15) is 0 Å². The van der Waals surface area contributed by atoms with E-state index in [1.54, 1.807) is 18.8 Å². The molecule has 5 heteroatoms. The van der Waals surface area contributed by atoms with Crippen molar-refractivity contribution in [2.45, 2.75) is 11.8 Å². The summed E-state index contributed by atoms with van der Waals surface area (Å²) in [7, 11) is 1.67. The second kappa shape index (κ2) is 8.00. The van der Waals surface area contributed by atoms with Crippen LogP contribution in [0.5, 0.6) is 0 Å². The van der Waals surface area contributed by atoms with Gasteiger partial charge in [0.05, 0.1) is 6.61 Å². The third-order valence-electron chi connectivity index (χ3n) is 2.45. The lowest BCUT2D eigenvalue weighted by atomic mass is 10.2. The van der Waals surface area contributed by atoms with E-state index in [0.29, 0.717) is 13.1 Å². The summed E-state index contributed by atoms with van der Waals surface area (Å²) in [6, 6.07) is 8.18. The number of urea groups is 1. The number of hydrogen-bond donors (Lipinski definition) is 2. The van der Waals surface area contributed by atoms with Crippen LogP contribution >= 0.6 is 11.8 Å². The standard InChI is InChI=1S/C13H20N2O2S/c1-11-3-5-12(6-4-11)18-10-7-14-13(17)15(2)8-9-16/h3-6,16H,7-10H2,1-2H3,(H,14,17). The van der Waals surface area contributed by atoms with Crippen molar-refractivity contribution in [3.8, 4) is 0 Å². The molecule has 0 heterocycles. The SMILES string of the molecule is Cc1ccc(SCCNC(=O)N(C)CCO)cc1. The molecule has 0 bridgehead atoms. The molecule has 0 aromatic heterocycles. The summed E-state index contributed by atoms with van der Waals surface area (Å²) in [6.07, 6.45) is 0. The van der Waals surface area contributed by atoms with Crippen LogP contribution in [0.25, 0.3) is 0 Å². The lowest BCUT2D eigenvalue weighted by Gasteiger charge is -2.16. The number of nitrogens with zero attached hydrogens (tertiary/aromatic N) is 1. The lowest BCUT2D eigenvalue weighted by Crippen LogP contribution is -2.39. The number of benzene rings is 1. The van der Waals surface area contributed by atoms with E-state index in [-0.39, 0.29) is 12.6 Å². The number of aryl methyl sites for hydroxylation is 1. The maximum atomic E-state index is 11.5. The van der Waals surface area contributed by atoms with Crippen LogP contribution in [0.15, 0.2) is 29.2 Å². The van der Waals surface area contributed by atoms with Crippen molar-refractivity contribution in [3.05, 3.63) is 29.8 Å². The molecule has 0 saturated heterocycles. The van der Waals surface area contributed by atoms with Crippen LogP contribution in [0.3, 0.4) is 0 Å². The van der Waals surface area contributed by atoms with Crippen LogP contribution in [0.1, 0.15) is 5.56 Å². The van der Waals surface area contributed by atoms with Crippen molar-refractivity contribution in [1.82, 2.24) is 10.2 Å². The highest BCUT2D eigenvalue weighted by Gasteiger charge is 2.05. The summed E-state index contributed by atoms with van der Waals surface area (Å²) >= 11 is 1.71. The number of likely N-dealkylation sites (N-methyl/N-ethyl adjacent to an activating group) is 1. The van der Waals surface area contributed by atoms with Gasteiger partial charge in [-0.3, -0.25) is 0 Å². The largest absolute Gasteiger partial charge is 0.395 e. The molecule has 4 nitrogen and oxygen atoms in total. The number of nitrogens with one attached hydrogen (secondary N) is 1. The Morgan fingerprint density at radius 3 is 2.67 bits per heavy atom. The molecule has 0 unspecified atom stereocenters. The highest BCUT2D eigenvalue weighted by molar-refractivity contribution is 7.99. The minimum Gasteiger partial charge on any atom is -0.395 e. The molecule has 2 N–H and O–H groups in total. The first kappa shape index (κ1) is 14.9. The number of thioether (sulfide) groups is 1. The van der Waals surface area contributed by atoms with Gasteiger partial charge in [0.25, 0.3) is 0 Å². The monoisotopic (exact) mass is 268 g/mol. The second-order valence-electron chi connectivity index (χ2n) is 4.04. The van der Waals surface area contributed by atoms with E-state index in [1.165, 1.54) is 15.4 Å². The molecule has 0 fully saturated rings.